The van der Waals surface area contributed by atoms with Gasteiger partial charge in [-0.25, -0.2) is 9.78 Å². The third kappa shape index (κ3) is 4.35. The van der Waals surface area contributed by atoms with Gasteiger partial charge >= 0.3 is 6.09 Å². The predicted octanol–water partition coefficient (Wildman–Crippen LogP) is 1.93. The zero-order chi connectivity index (χ0) is 15.2. The van der Waals surface area contributed by atoms with E-state index in [0.29, 0.717) is 13.1 Å². The Morgan fingerprint density at radius 2 is 2.38 bits per heavy atom. The maximum absolute atomic E-state index is 12.1. The first-order valence-corrected chi connectivity index (χ1v) is 7.65. The van der Waals surface area contributed by atoms with Gasteiger partial charge in [-0.05, 0) is 6.42 Å². The number of likely N-dealkylation sites (tertiary alicyclic amines) is 1. The number of ether oxygens (including phenoxy) is 1. The maximum atomic E-state index is 12.1. The highest BCUT2D eigenvalue weighted by molar-refractivity contribution is 8.14. The van der Waals surface area contributed by atoms with Gasteiger partial charge in [-0.3, -0.25) is 4.79 Å². The van der Waals surface area contributed by atoms with Gasteiger partial charge in [-0.2, -0.15) is 0 Å². The van der Waals surface area contributed by atoms with Gasteiger partial charge in [0, 0.05) is 37.7 Å². The predicted molar refractivity (Wildman–Crippen MR) is 80.9 cm³/mol. The molecule has 0 radical (unpaired) electrons. The molecule has 1 aliphatic heterocycles. The monoisotopic (exact) mass is 309 g/mol. The minimum Gasteiger partial charge on any atom is -0.445 e. The molecular formula is C14H19N3O3S. The van der Waals surface area contributed by atoms with Crippen LogP contribution in [0.25, 0.3) is 0 Å². The Balaban J connectivity index is 2.03. The summed E-state index contributed by atoms with van der Waals surface area (Å²) in [4.78, 5) is 29.1. The van der Waals surface area contributed by atoms with Crippen LogP contribution < -0.4 is 0 Å². The topological polar surface area (TPSA) is 64.4 Å². The molecule has 0 spiro atoms. The quantitative estimate of drug-likeness (QED) is 0.778. The van der Waals surface area contributed by atoms with Crippen LogP contribution in [0.4, 0.5) is 4.79 Å². The van der Waals surface area contributed by atoms with E-state index in [-0.39, 0.29) is 29.1 Å². The van der Waals surface area contributed by atoms with Gasteiger partial charge < -0.3 is 14.2 Å². The van der Waals surface area contributed by atoms with Crippen molar-refractivity contribution in [2.75, 3.05) is 13.2 Å². The van der Waals surface area contributed by atoms with Crippen molar-refractivity contribution in [1.82, 2.24) is 14.5 Å². The van der Waals surface area contributed by atoms with Gasteiger partial charge in [0.1, 0.15) is 6.61 Å². The number of amides is 1. The van der Waals surface area contributed by atoms with Crippen LogP contribution in [-0.4, -0.2) is 50.1 Å². The molecule has 1 aliphatic rings. The van der Waals surface area contributed by atoms with Crippen molar-refractivity contribution in [3.63, 3.8) is 0 Å². The van der Waals surface area contributed by atoms with Crippen molar-refractivity contribution in [2.45, 2.75) is 31.2 Å². The van der Waals surface area contributed by atoms with Crippen LogP contribution in [0.15, 0.2) is 31.4 Å². The molecule has 2 atom stereocenters. The van der Waals surface area contributed by atoms with Crippen LogP contribution in [0.5, 0.6) is 0 Å². The number of imidazole rings is 1. The van der Waals surface area contributed by atoms with E-state index in [1.165, 1.54) is 11.8 Å². The van der Waals surface area contributed by atoms with Crippen LogP contribution in [-0.2, 0) is 16.1 Å². The minimum absolute atomic E-state index is 0.00775. The summed E-state index contributed by atoms with van der Waals surface area (Å²) >= 11 is 1.29. The van der Waals surface area contributed by atoms with Crippen molar-refractivity contribution < 1.29 is 14.3 Å². The molecule has 1 aromatic heterocycles. The van der Waals surface area contributed by atoms with Crippen LogP contribution in [0.3, 0.4) is 0 Å². The number of nitrogens with zero attached hydrogens (tertiary/aromatic N) is 3. The Morgan fingerprint density at radius 1 is 1.57 bits per heavy atom. The fourth-order valence-corrected chi connectivity index (χ4v) is 3.46. The average Bonchev–Trinajstić information content (AvgIpc) is 3.06. The lowest BCUT2D eigenvalue weighted by Gasteiger charge is -2.23. The van der Waals surface area contributed by atoms with Crippen molar-refractivity contribution in [3.8, 4) is 0 Å². The highest BCUT2D eigenvalue weighted by atomic mass is 32.2. The van der Waals surface area contributed by atoms with E-state index in [1.54, 1.807) is 30.4 Å². The van der Waals surface area contributed by atoms with E-state index in [9.17, 15) is 9.59 Å². The number of carbonyl (C=O) groups is 2. The summed E-state index contributed by atoms with van der Waals surface area (Å²) in [5.74, 6) is 0. The fraction of sp³-hybridized carbons (Fsp3) is 0.500. The van der Waals surface area contributed by atoms with Crippen molar-refractivity contribution in [2.24, 2.45) is 0 Å². The van der Waals surface area contributed by atoms with Crippen molar-refractivity contribution in [3.05, 3.63) is 31.4 Å². The van der Waals surface area contributed by atoms with E-state index in [1.807, 2.05) is 10.8 Å². The molecule has 2 heterocycles. The molecule has 1 amide bonds. The minimum atomic E-state index is -0.355. The lowest BCUT2D eigenvalue weighted by atomic mass is 10.2. The summed E-state index contributed by atoms with van der Waals surface area (Å²) in [5, 5.41) is 0.190. The Bertz CT molecular complexity index is 504. The van der Waals surface area contributed by atoms with Gasteiger partial charge in [0.25, 0.3) is 0 Å². The number of hydrogen-bond donors (Lipinski definition) is 0. The highest BCUT2D eigenvalue weighted by Gasteiger charge is 2.37. The molecule has 0 saturated carbocycles. The smallest absolute Gasteiger partial charge is 0.410 e. The molecule has 1 saturated heterocycles. The number of aromatic nitrogens is 2. The molecule has 0 bridgehead atoms. The number of hydrogen-bond acceptors (Lipinski definition) is 5. The Kier molecular flexibility index (Phi) is 5.44. The molecule has 7 heteroatoms. The molecular weight excluding hydrogens is 290 g/mol. The zero-order valence-electron chi connectivity index (χ0n) is 12.0. The summed E-state index contributed by atoms with van der Waals surface area (Å²) in [6, 6.07) is 0.00775. The molecule has 1 fully saturated rings. The lowest BCUT2D eigenvalue weighted by molar-refractivity contribution is -0.109. The van der Waals surface area contributed by atoms with E-state index >= 15 is 0 Å². The molecule has 21 heavy (non-hydrogen) atoms. The third-order valence-corrected chi connectivity index (χ3v) is 4.26. The summed E-state index contributed by atoms with van der Waals surface area (Å²) in [6.07, 6.45) is 7.24. The standard InChI is InChI=1S/C14H19N3O3S/c1-3-6-20-14(19)17-9-13(21-11(2)18)7-12(17)8-16-5-4-15-10-16/h3-5,10,12-13H,1,6-9H2,2H3/t12-,13-/m0/s1. The van der Waals surface area contributed by atoms with Crippen LogP contribution in [0, 0.1) is 0 Å². The average molecular weight is 309 g/mol. The second-order valence-corrected chi connectivity index (χ2v) is 6.38. The van der Waals surface area contributed by atoms with Crippen LogP contribution in [0.2, 0.25) is 0 Å². The summed E-state index contributed by atoms with van der Waals surface area (Å²) in [6.45, 7) is 6.46. The first kappa shape index (κ1) is 15.6. The Morgan fingerprint density at radius 3 is 3.00 bits per heavy atom. The Hall–Kier alpha value is -1.76. The highest BCUT2D eigenvalue weighted by Crippen LogP contribution is 2.29. The van der Waals surface area contributed by atoms with E-state index in [0.717, 1.165) is 6.42 Å². The number of rotatable bonds is 5. The molecule has 114 valence electrons. The van der Waals surface area contributed by atoms with Crippen molar-refractivity contribution >= 4 is 23.0 Å². The first-order chi connectivity index (χ1) is 10.1. The largest absolute Gasteiger partial charge is 0.445 e. The summed E-state index contributed by atoms with van der Waals surface area (Å²) in [7, 11) is 0. The molecule has 0 aliphatic carbocycles. The van der Waals surface area contributed by atoms with E-state index < -0.39 is 0 Å². The van der Waals surface area contributed by atoms with Crippen LogP contribution in [0.1, 0.15) is 13.3 Å². The normalized spacial score (nSPS) is 21.3. The first-order valence-electron chi connectivity index (χ1n) is 6.77. The lowest BCUT2D eigenvalue weighted by Crippen LogP contribution is -2.38. The maximum Gasteiger partial charge on any atom is 0.410 e. The molecule has 0 N–H and O–H groups in total. The van der Waals surface area contributed by atoms with Gasteiger partial charge in [0.2, 0.25) is 0 Å². The second kappa shape index (κ2) is 7.31. The van der Waals surface area contributed by atoms with Crippen LogP contribution >= 0.6 is 11.8 Å². The van der Waals surface area contributed by atoms with Gasteiger partial charge in [0.15, 0.2) is 5.12 Å². The zero-order valence-corrected chi connectivity index (χ0v) is 12.8. The van der Waals surface area contributed by atoms with Gasteiger partial charge in [-0.15, -0.1) is 0 Å². The molecule has 6 nitrogen and oxygen atoms in total. The summed E-state index contributed by atoms with van der Waals surface area (Å²) < 4.78 is 7.06. The van der Waals surface area contributed by atoms with Gasteiger partial charge in [-0.1, -0.05) is 24.4 Å². The van der Waals surface area contributed by atoms with Crippen molar-refractivity contribution in [1.29, 1.82) is 0 Å². The number of carbonyl (C=O) groups excluding carboxylic acids is 2. The molecule has 0 unspecified atom stereocenters. The second-order valence-electron chi connectivity index (χ2n) is 4.90. The van der Waals surface area contributed by atoms with E-state index in [4.69, 9.17) is 4.74 Å². The molecule has 0 aromatic carbocycles. The van der Waals surface area contributed by atoms with E-state index in [2.05, 4.69) is 11.6 Å². The third-order valence-electron chi connectivity index (χ3n) is 3.25. The van der Waals surface area contributed by atoms with Gasteiger partial charge in [0.05, 0.1) is 12.4 Å². The SMILES string of the molecule is C=CCOC(=O)N1C[C@@H](SC(C)=O)C[C@H]1Cn1ccnc1. The molecule has 1 aromatic rings. The molecule has 2 rings (SSSR count). The Labute approximate surface area is 128 Å². The fourth-order valence-electron chi connectivity index (χ4n) is 2.44. The summed E-state index contributed by atoms with van der Waals surface area (Å²) in [5.41, 5.74) is 0. The number of thioether (sulfide) groups is 1.